The number of nitrogens with zero attached hydrogens (tertiary/aromatic N) is 4. The van der Waals surface area contributed by atoms with Crippen LogP contribution in [-0.4, -0.2) is 25.7 Å². The molecule has 9 nitrogen and oxygen atoms in total. The largest absolute Gasteiger partial charge is 0.327 e. The molecule has 11 heteroatoms. The highest BCUT2D eigenvalue weighted by Gasteiger charge is 2.26. The predicted octanol–water partition coefficient (Wildman–Crippen LogP) is 7.33. The molecule has 0 radical (unpaired) electrons. The standard InChI is InChI=1S/C32H29FN6O3S/c1-21-7-6-10-28(22(21)2)34-31(40)35-29(19-23-8-4-3-5-9-23)30-36-37-32(43-20-24-11-13-25(33)14-12-24)38(30)26-15-17-27(18-16-26)39(41)42/h3-18,29H,19-20H2,1-2H3,(H2,34,35,40). The molecule has 4 aromatic carbocycles. The summed E-state index contributed by atoms with van der Waals surface area (Å²) in [7, 11) is 0. The lowest BCUT2D eigenvalue weighted by Gasteiger charge is -2.21. The molecule has 43 heavy (non-hydrogen) atoms. The van der Waals surface area contributed by atoms with Gasteiger partial charge in [-0.2, -0.15) is 0 Å². The van der Waals surface area contributed by atoms with E-state index in [1.165, 1.54) is 36.0 Å². The van der Waals surface area contributed by atoms with Crippen LogP contribution in [0.1, 0.15) is 34.1 Å². The number of aromatic nitrogens is 3. The van der Waals surface area contributed by atoms with Crippen molar-refractivity contribution in [3.05, 3.63) is 141 Å². The number of nitrogens with one attached hydrogen (secondary N) is 2. The fraction of sp³-hybridized carbons (Fsp3) is 0.156. The van der Waals surface area contributed by atoms with Crippen molar-refractivity contribution in [2.45, 2.75) is 37.2 Å². The highest BCUT2D eigenvalue weighted by Crippen LogP contribution is 2.30. The summed E-state index contributed by atoms with van der Waals surface area (Å²) in [6.45, 7) is 3.93. The minimum Gasteiger partial charge on any atom is -0.327 e. The molecule has 218 valence electrons. The first kappa shape index (κ1) is 29.5. The molecule has 0 saturated heterocycles. The summed E-state index contributed by atoms with van der Waals surface area (Å²) in [5, 5.41) is 26.9. The number of nitro benzene ring substituents is 1. The van der Waals surface area contributed by atoms with Gasteiger partial charge in [-0.25, -0.2) is 9.18 Å². The van der Waals surface area contributed by atoms with E-state index in [0.717, 1.165) is 22.3 Å². The molecule has 2 amide bonds. The normalized spacial score (nSPS) is 11.6. The minimum absolute atomic E-state index is 0.0502. The van der Waals surface area contributed by atoms with Crippen LogP contribution in [0, 0.1) is 29.8 Å². The van der Waals surface area contributed by atoms with E-state index in [2.05, 4.69) is 20.8 Å². The quantitative estimate of drug-likeness (QED) is 0.0991. The monoisotopic (exact) mass is 596 g/mol. The highest BCUT2D eigenvalue weighted by atomic mass is 32.2. The number of hydrogen-bond acceptors (Lipinski definition) is 6. The molecular weight excluding hydrogens is 567 g/mol. The average Bonchev–Trinajstić information content (AvgIpc) is 3.43. The van der Waals surface area contributed by atoms with Crippen molar-refractivity contribution < 1.29 is 14.1 Å². The van der Waals surface area contributed by atoms with Gasteiger partial charge in [0, 0.05) is 35.7 Å². The fourth-order valence-corrected chi connectivity index (χ4v) is 5.47. The van der Waals surface area contributed by atoms with Crippen molar-refractivity contribution in [1.82, 2.24) is 20.1 Å². The number of benzene rings is 4. The number of amides is 2. The van der Waals surface area contributed by atoms with Crippen LogP contribution < -0.4 is 10.6 Å². The lowest BCUT2D eigenvalue weighted by atomic mass is 10.1. The summed E-state index contributed by atoms with van der Waals surface area (Å²) < 4.78 is 15.3. The number of hydrogen-bond donors (Lipinski definition) is 2. The van der Waals surface area contributed by atoms with E-state index in [0.29, 0.717) is 34.5 Å². The van der Waals surface area contributed by atoms with Crippen LogP contribution in [0.4, 0.5) is 20.6 Å². The third-order valence-corrected chi connectivity index (χ3v) is 8.01. The van der Waals surface area contributed by atoms with Crippen molar-refractivity contribution >= 4 is 29.2 Å². The molecule has 0 fully saturated rings. The Kier molecular flexibility index (Phi) is 9.11. The number of nitro groups is 1. The van der Waals surface area contributed by atoms with E-state index in [-0.39, 0.29) is 11.5 Å². The second-order valence-corrected chi connectivity index (χ2v) is 10.9. The zero-order valence-corrected chi connectivity index (χ0v) is 24.3. The van der Waals surface area contributed by atoms with Crippen molar-refractivity contribution in [3.8, 4) is 5.69 Å². The molecule has 1 aromatic heterocycles. The van der Waals surface area contributed by atoms with Crippen LogP contribution in [0.5, 0.6) is 0 Å². The molecule has 5 rings (SSSR count). The molecule has 5 aromatic rings. The minimum atomic E-state index is -0.615. The van der Waals surface area contributed by atoms with Crippen molar-refractivity contribution in [2.75, 3.05) is 5.32 Å². The predicted molar refractivity (Wildman–Crippen MR) is 165 cm³/mol. The maximum Gasteiger partial charge on any atom is 0.319 e. The molecular formula is C32H29FN6O3S. The Bertz CT molecular complexity index is 1730. The van der Waals surface area contributed by atoms with Gasteiger partial charge in [0.05, 0.1) is 11.0 Å². The molecule has 0 bridgehead atoms. The number of carbonyl (C=O) groups is 1. The number of non-ortho nitro benzene ring substituents is 1. The maximum absolute atomic E-state index is 13.5. The molecule has 0 spiro atoms. The van der Waals surface area contributed by atoms with Crippen molar-refractivity contribution in [1.29, 1.82) is 0 Å². The SMILES string of the molecule is Cc1cccc(NC(=O)NC(Cc2ccccc2)c2nnc(SCc3ccc(F)cc3)n2-c2ccc([N+](=O)[O-])cc2)c1C. The number of aryl methyl sites for hydroxylation is 1. The Morgan fingerprint density at radius 3 is 2.35 bits per heavy atom. The third-order valence-electron chi connectivity index (χ3n) is 7.01. The van der Waals surface area contributed by atoms with Gasteiger partial charge in [-0.15, -0.1) is 10.2 Å². The molecule has 2 N–H and O–H groups in total. The first-order valence-electron chi connectivity index (χ1n) is 13.5. The van der Waals surface area contributed by atoms with Crippen LogP contribution in [-0.2, 0) is 12.2 Å². The topological polar surface area (TPSA) is 115 Å². The van der Waals surface area contributed by atoms with E-state index >= 15 is 0 Å². The van der Waals surface area contributed by atoms with Gasteiger partial charge in [-0.1, -0.05) is 66.4 Å². The van der Waals surface area contributed by atoms with Gasteiger partial charge in [0.15, 0.2) is 11.0 Å². The molecule has 0 aliphatic rings. The van der Waals surface area contributed by atoms with Crippen LogP contribution in [0.25, 0.3) is 5.69 Å². The van der Waals surface area contributed by atoms with Crippen LogP contribution in [0.3, 0.4) is 0 Å². The van der Waals surface area contributed by atoms with E-state index in [1.54, 1.807) is 28.8 Å². The lowest BCUT2D eigenvalue weighted by molar-refractivity contribution is -0.384. The van der Waals surface area contributed by atoms with Gasteiger partial charge in [-0.05, 0) is 66.4 Å². The second-order valence-electron chi connectivity index (χ2n) is 9.95. The summed E-state index contributed by atoms with van der Waals surface area (Å²) >= 11 is 1.39. The number of urea groups is 1. The zero-order valence-electron chi connectivity index (χ0n) is 23.5. The van der Waals surface area contributed by atoms with E-state index in [9.17, 15) is 19.3 Å². The highest BCUT2D eigenvalue weighted by molar-refractivity contribution is 7.98. The summed E-state index contributed by atoms with van der Waals surface area (Å²) in [5.74, 6) is 0.615. The number of thioether (sulfide) groups is 1. The Morgan fingerprint density at radius 2 is 1.65 bits per heavy atom. The van der Waals surface area contributed by atoms with E-state index < -0.39 is 17.0 Å². The molecule has 0 aliphatic heterocycles. The number of anilines is 1. The third kappa shape index (κ3) is 7.25. The maximum atomic E-state index is 13.5. The molecule has 0 aliphatic carbocycles. The van der Waals surface area contributed by atoms with Gasteiger partial charge in [0.2, 0.25) is 0 Å². The van der Waals surface area contributed by atoms with Crippen LogP contribution in [0.15, 0.2) is 102 Å². The Morgan fingerprint density at radius 1 is 0.930 bits per heavy atom. The molecule has 1 heterocycles. The first-order chi connectivity index (χ1) is 20.8. The zero-order chi connectivity index (χ0) is 30.3. The number of rotatable bonds is 10. The summed E-state index contributed by atoms with van der Waals surface area (Å²) in [5.41, 5.74) is 5.12. The average molecular weight is 597 g/mol. The van der Waals surface area contributed by atoms with Crippen LogP contribution in [0.2, 0.25) is 0 Å². The van der Waals surface area contributed by atoms with Gasteiger partial charge < -0.3 is 10.6 Å². The number of halogens is 1. The molecule has 1 unspecified atom stereocenters. The smallest absolute Gasteiger partial charge is 0.319 e. The van der Waals surface area contributed by atoms with Crippen molar-refractivity contribution in [2.24, 2.45) is 0 Å². The molecule has 1 atom stereocenters. The van der Waals surface area contributed by atoms with Gasteiger partial charge in [0.1, 0.15) is 5.82 Å². The van der Waals surface area contributed by atoms with Crippen LogP contribution >= 0.6 is 11.8 Å². The Labute approximate surface area is 252 Å². The van der Waals surface area contributed by atoms with Gasteiger partial charge in [0.25, 0.3) is 5.69 Å². The second kappa shape index (κ2) is 13.3. The number of carbonyl (C=O) groups excluding carboxylic acids is 1. The molecule has 0 saturated carbocycles. The van der Waals surface area contributed by atoms with E-state index in [1.807, 2.05) is 62.4 Å². The van der Waals surface area contributed by atoms with Gasteiger partial charge in [-0.3, -0.25) is 14.7 Å². The first-order valence-corrected chi connectivity index (χ1v) is 14.5. The summed E-state index contributed by atoms with van der Waals surface area (Å²) in [4.78, 5) is 24.2. The van der Waals surface area contributed by atoms with Crippen molar-refractivity contribution in [3.63, 3.8) is 0 Å². The Balaban J connectivity index is 1.52. The van der Waals surface area contributed by atoms with E-state index in [4.69, 9.17) is 0 Å². The van der Waals surface area contributed by atoms with Gasteiger partial charge >= 0.3 is 6.03 Å². The summed E-state index contributed by atoms with van der Waals surface area (Å²) in [6.07, 6.45) is 0.412. The summed E-state index contributed by atoms with van der Waals surface area (Å²) in [6, 6.07) is 26.7. The fourth-order valence-electron chi connectivity index (χ4n) is 4.55. The Hall–Kier alpha value is -5.03. The lowest BCUT2D eigenvalue weighted by Crippen LogP contribution is -2.35.